The van der Waals surface area contributed by atoms with E-state index in [4.69, 9.17) is 0 Å². The summed E-state index contributed by atoms with van der Waals surface area (Å²) in [5, 5.41) is 3.32. The van der Waals surface area contributed by atoms with Crippen LogP contribution < -0.4 is 5.32 Å². The Kier molecular flexibility index (Phi) is 11.4. The topological polar surface area (TPSA) is 35.6 Å². The number of hydrogen-bond acceptors (Lipinski definition) is 4. The average molecular weight is 372 g/mol. The first-order valence-electron chi connectivity index (χ1n) is 10.4. The minimum atomic E-state index is 0.627. The van der Waals surface area contributed by atoms with Gasteiger partial charge in [0, 0.05) is 19.1 Å². The Morgan fingerprint density at radius 2 is 1.68 bits per heavy atom. The largest absolute Gasteiger partial charge is 0.317 e. The first-order valence-corrected chi connectivity index (χ1v) is 11.8. The Balaban J connectivity index is 0.000000246. The molecule has 1 atom stereocenters. The van der Waals surface area contributed by atoms with Gasteiger partial charge in [0.2, 0.25) is 0 Å². The van der Waals surface area contributed by atoms with E-state index in [0.717, 1.165) is 40.1 Å². The second-order valence-electron chi connectivity index (χ2n) is 7.79. The number of nitrogens with zero attached hydrogens (tertiary/aromatic N) is 2. The quantitative estimate of drug-likeness (QED) is 0.605. The molecular formula is C20H42N3OP. The van der Waals surface area contributed by atoms with Crippen LogP contribution in [0.25, 0.3) is 0 Å². The van der Waals surface area contributed by atoms with Gasteiger partial charge in [-0.05, 0) is 76.7 Å². The van der Waals surface area contributed by atoms with Crippen LogP contribution in [0.2, 0.25) is 0 Å². The SMILES string of the molecule is CC.CNC1CCC(C)CC1.CPN1CC2(CCN(CC=O)CC2)C1. The molecule has 1 saturated carbocycles. The van der Waals surface area contributed by atoms with Gasteiger partial charge in [-0.25, -0.2) is 0 Å². The molecule has 2 saturated heterocycles. The molecule has 2 heterocycles. The lowest BCUT2D eigenvalue weighted by molar-refractivity contribution is -0.109. The monoisotopic (exact) mass is 371 g/mol. The van der Waals surface area contributed by atoms with E-state index in [0.29, 0.717) is 12.0 Å². The van der Waals surface area contributed by atoms with Gasteiger partial charge >= 0.3 is 0 Å². The summed E-state index contributed by atoms with van der Waals surface area (Å²) in [5.41, 5.74) is 0.627. The molecule has 148 valence electrons. The van der Waals surface area contributed by atoms with Crippen molar-refractivity contribution in [3.8, 4) is 0 Å². The van der Waals surface area contributed by atoms with Gasteiger partial charge in [0.1, 0.15) is 6.29 Å². The fourth-order valence-electron chi connectivity index (χ4n) is 4.10. The molecule has 0 bridgehead atoms. The van der Waals surface area contributed by atoms with E-state index in [9.17, 15) is 4.79 Å². The summed E-state index contributed by atoms with van der Waals surface area (Å²) >= 11 is 0. The molecule has 4 nitrogen and oxygen atoms in total. The molecular weight excluding hydrogens is 329 g/mol. The summed E-state index contributed by atoms with van der Waals surface area (Å²) in [6.45, 7) is 14.1. The normalized spacial score (nSPS) is 29.3. The highest BCUT2D eigenvalue weighted by atomic mass is 31.1. The lowest BCUT2D eigenvalue weighted by Crippen LogP contribution is -2.57. The van der Waals surface area contributed by atoms with E-state index >= 15 is 0 Å². The van der Waals surface area contributed by atoms with E-state index in [1.807, 2.05) is 13.8 Å². The number of hydrogen-bond donors (Lipinski definition) is 1. The number of piperidine rings is 1. The van der Waals surface area contributed by atoms with Gasteiger partial charge in [-0.2, -0.15) is 0 Å². The van der Waals surface area contributed by atoms with Gasteiger partial charge in [-0.3, -0.25) is 9.57 Å². The van der Waals surface area contributed by atoms with Crippen LogP contribution in [0.4, 0.5) is 0 Å². The Morgan fingerprint density at radius 3 is 2.12 bits per heavy atom. The van der Waals surface area contributed by atoms with Crippen molar-refractivity contribution in [2.45, 2.75) is 65.3 Å². The predicted octanol–water partition coefficient (Wildman–Crippen LogP) is 3.62. The Bertz CT molecular complexity index is 343. The molecule has 5 heteroatoms. The molecule has 1 aliphatic carbocycles. The highest BCUT2D eigenvalue weighted by Crippen LogP contribution is 2.44. The number of carbonyl (C=O) groups excluding carboxylic acids is 1. The minimum Gasteiger partial charge on any atom is -0.317 e. The lowest BCUT2D eigenvalue weighted by atomic mass is 9.73. The van der Waals surface area contributed by atoms with Crippen molar-refractivity contribution in [3.05, 3.63) is 0 Å². The third-order valence-corrected chi connectivity index (χ3v) is 6.99. The number of rotatable bonds is 4. The second-order valence-corrected chi connectivity index (χ2v) is 8.87. The van der Waals surface area contributed by atoms with Crippen molar-refractivity contribution < 1.29 is 4.79 Å². The molecule has 3 fully saturated rings. The van der Waals surface area contributed by atoms with Gasteiger partial charge in [-0.1, -0.05) is 29.5 Å². The number of likely N-dealkylation sites (tertiary alicyclic amines) is 1. The van der Waals surface area contributed by atoms with Crippen LogP contribution in [0.1, 0.15) is 59.3 Å². The molecule has 0 amide bonds. The van der Waals surface area contributed by atoms with Crippen molar-refractivity contribution in [2.75, 3.05) is 46.4 Å². The Hall–Kier alpha value is -0.0200. The maximum atomic E-state index is 10.4. The molecule has 3 aliphatic rings. The van der Waals surface area contributed by atoms with Gasteiger partial charge in [0.15, 0.2) is 0 Å². The standard InChI is InChI=1S/C10H19N2OP.C8H17N.C2H6/c1-14-12-8-10(9-12)2-4-11(5-3-10)6-7-13;1-7-3-5-8(9-2)6-4-7;1-2/h7,14H,2-6,8-9H2,1H3;7-9H,3-6H2,1-2H3;1-2H3. The first kappa shape index (κ1) is 23.0. The van der Waals surface area contributed by atoms with E-state index in [-0.39, 0.29) is 0 Å². The summed E-state index contributed by atoms with van der Waals surface area (Å²) in [4.78, 5) is 12.6. The molecule has 25 heavy (non-hydrogen) atoms. The van der Waals surface area contributed by atoms with Crippen LogP contribution >= 0.6 is 8.73 Å². The summed E-state index contributed by atoms with van der Waals surface area (Å²) in [5.74, 6) is 0.981. The first-order chi connectivity index (χ1) is 12.1. The van der Waals surface area contributed by atoms with Crippen molar-refractivity contribution in [2.24, 2.45) is 11.3 Å². The van der Waals surface area contributed by atoms with Gasteiger partial charge < -0.3 is 10.1 Å². The molecule has 0 aromatic heterocycles. The summed E-state index contributed by atoms with van der Waals surface area (Å²) < 4.78 is 2.54. The summed E-state index contributed by atoms with van der Waals surface area (Å²) in [6.07, 6.45) is 9.23. The van der Waals surface area contributed by atoms with Crippen LogP contribution in [-0.2, 0) is 4.79 Å². The molecule has 3 rings (SSSR count). The van der Waals surface area contributed by atoms with Gasteiger partial charge in [0.05, 0.1) is 6.54 Å². The van der Waals surface area contributed by atoms with Crippen molar-refractivity contribution in [1.82, 2.24) is 14.9 Å². The zero-order chi connectivity index (χ0) is 18.7. The Morgan fingerprint density at radius 1 is 1.12 bits per heavy atom. The van der Waals surface area contributed by atoms with Crippen LogP contribution in [-0.4, -0.2) is 68.3 Å². The molecule has 1 N–H and O–H groups in total. The van der Waals surface area contributed by atoms with Gasteiger partial charge in [0.25, 0.3) is 0 Å². The van der Waals surface area contributed by atoms with Crippen molar-refractivity contribution >= 4 is 15.0 Å². The Labute approximate surface area is 158 Å². The predicted molar refractivity (Wildman–Crippen MR) is 112 cm³/mol. The zero-order valence-corrected chi connectivity index (χ0v) is 18.3. The summed E-state index contributed by atoms with van der Waals surface area (Å²) in [6, 6.07) is 0.821. The van der Waals surface area contributed by atoms with Crippen LogP contribution in [0.15, 0.2) is 0 Å². The van der Waals surface area contributed by atoms with Crippen molar-refractivity contribution in [1.29, 1.82) is 0 Å². The highest BCUT2D eigenvalue weighted by Gasteiger charge is 2.43. The van der Waals surface area contributed by atoms with E-state index in [1.54, 1.807) is 0 Å². The smallest absolute Gasteiger partial charge is 0.133 e. The second kappa shape index (κ2) is 12.4. The highest BCUT2D eigenvalue weighted by molar-refractivity contribution is 7.34. The number of aldehydes is 1. The number of nitrogens with one attached hydrogen (secondary N) is 1. The number of carbonyl (C=O) groups is 1. The van der Waals surface area contributed by atoms with Gasteiger partial charge in [-0.15, -0.1) is 0 Å². The van der Waals surface area contributed by atoms with Crippen LogP contribution in [0, 0.1) is 11.3 Å². The molecule has 1 unspecified atom stereocenters. The third-order valence-electron chi connectivity index (χ3n) is 6.04. The fourth-order valence-corrected chi connectivity index (χ4v) is 5.09. The maximum absolute atomic E-state index is 10.4. The van der Waals surface area contributed by atoms with Crippen molar-refractivity contribution in [3.63, 3.8) is 0 Å². The third kappa shape index (κ3) is 7.62. The minimum absolute atomic E-state index is 0.627. The molecule has 1 spiro atoms. The lowest BCUT2D eigenvalue weighted by Gasteiger charge is -2.53. The molecule has 0 aromatic rings. The summed E-state index contributed by atoms with van der Waals surface area (Å²) in [7, 11) is 3.04. The molecule has 0 radical (unpaired) electrons. The fraction of sp³-hybridized carbons (Fsp3) is 0.950. The molecule has 2 aliphatic heterocycles. The van der Waals surface area contributed by atoms with Crippen LogP contribution in [0.3, 0.4) is 0 Å². The van der Waals surface area contributed by atoms with E-state index < -0.39 is 0 Å². The zero-order valence-electron chi connectivity index (χ0n) is 17.3. The van der Waals surface area contributed by atoms with Crippen LogP contribution in [0.5, 0.6) is 0 Å². The molecule has 0 aromatic carbocycles. The maximum Gasteiger partial charge on any atom is 0.133 e. The van der Waals surface area contributed by atoms with E-state index in [2.05, 4.69) is 35.5 Å². The average Bonchev–Trinajstić information content (AvgIpc) is 2.64. The van der Waals surface area contributed by atoms with E-state index in [1.165, 1.54) is 51.6 Å².